The lowest BCUT2D eigenvalue weighted by Crippen LogP contribution is -2.39. The first-order valence-corrected chi connectivity index (χ1v) is 12.1. The van der Waals surface area contributed by atoms with E-state index in [1.54, 1.807) is 11.3 Å². The van der Waals surface area contributed by atoms with Crippen LogP contribution in [0.1, 0.15) is 55.5 Å². The first-order chi connectivity index (χ1) is 14.8. The molecule has 6 heterocycles. The Morgan fingerprint density at radius 1 is 1.23 bits per heavy atom. The zero-order valence-corrected chi connectivity index (χ0v) is 18.2. The molecule has 3 aliphatic rings. The van der Waals surface area contributed by atoms with Crippen molar-refractivity contribution in [3.05, 3.63) is 46.7 Å². The van der Waals surface area contributed by atoms with Gasteiger partial charge in [0, 0.05) is 55.5 Å². The SMILES string of the molecule is C[C@H]1CCCN(c2ncc3c(n2)C[C@H]2CC[C@H]3N2Cc2cn[nH]c2-c2cccs2)C1. The van der Waals surface area contributed by atoms with Gasteiger partial charge in [0.25, 0.3) is 0 Å². The maximum Gasteiger partial charge on any atom is 0.225 e. The van der Waals surface area contributed by atoms with Crippen LogP contribution in [0.4, 0.5) is 5.95 Å². The molecule has 0 spiro atoms. The Morgan fingerprint density at radius 3 is 3.07 bits per heavy atom. The lowest BCUT2D eigenvalue weighted by Gasteiger charge is -2.36. The molecule has 3 atom stereocenters. The molecule has 156 valence electrons. The number of piperidine rings is 1. The fraction of sp³-hybridized carbons (Fsp3) is 0.522. The molecule has 0 amide bonds. The number of H-pyrrole nitrogens is 1. The van der Waals surface area contributed by atoms with Crippen LogP contribution in [0.5, 0.6) is 0 Å². The minimum absolute atomic E-state index is 0.430. The van der Waals surface area contributed by atoms with E-state index in [0.29, 0.717) is 12.1 Å². The third-order valence-corrected chi connectivity index (χ3v) is 7.98. The second-order valence-corrected chi connectivity index (χ2v) is 10.1. The number of thiophene rings is 1. The quantitative estimate of drug-likeness (QED) is 0.677. The highest BCUT2D eigenvalue weighted by atomic mass is 32.1. The molecule has 7 heteroatoms. The van der Waals surface area contributed by atoms with Crippen molar-refractivity contribution in [2.75, 3.05) is 18.0 Å². The molecule has 6 nitrogen and oxygen atoms in total. The van der Waals surface area contributed by atoms with E-state index in [-0.39, 0.29) is 0 Å². The van der Waals surface area contributed by atoms with Crippen LogP contribution in [0.25, 0.3) is 10.6 Å². The number of aromatic amines is 1. The third kappa shape index (κ3) is 3.15. The van der Waals surface area contributed by atoms with Crippen LogP contribution >= 0.6 is 11.3 Å². The monoisotopic (exact) mass is 420 g/mol. The fourth-order valence-electron chi connectivity index (χ4n) is 5.60. The molecule has 0 saturated carbocycles. The Labute approximate surface area is 181 Å². The molecular formula is C23H28N6S. The number of anilines is 1. The highest BCUT2D eigenvalue weighted by molar-refractivity contribution is 7.13. The lowest BCUT2D eigenvalue weighted by atomic mass is 9.98. The zero-order chi connectivity index (χ0) is 20.1. The second-order valence-electron chi connectivity index (χ2n) is 9.14. The van der Waals surface area contributed by atoms with Gasteiger partial charge in [-0.2, -0.15) is 5.10 Å². The molecule has 0 unspecified atom stereocenters. The summed E-state index contributed by atoms with van der Waals surface area (Å²) in [5, 5.41) is 9.69. The van der Waals surface area contributed by atoms with Crippen molar-refractivity contribution in [2.45, 2.75) is 57.7 Å². The molecule has 1 N–H and O–H groups in total. The molecule has 0 aromatic carbocycles. The van der Waals surface area contributed by atoms with Crippen molar-refractivity contribution in [3.8, 4) is 10.6 Å². The Hall–Kier alpha value is -2.25. The van der Waals surface area contributed by atoms with E-state index in [4.69, 9.17) is 9.97 Å². The minimum Gasteiger partial charge on any atom is -0.341 e. The van der Waals surface area contributed by atoms with Crippen molar-refractivity contribution < 1.29 is 0 Å². The van der Waals surface area contributed by atoms with Crippen molar-refractivity contribution >= 4 is 17.3 Å². The molecule has 2 bridgehead atoms. The highest BCUT2D eigenvalue weighted by Gasteiger charge is 2.41. The Bertz CT molecular complexity index is 1030. The lowest BCUT2D eigenvalue weighted by molar-refractivity contribution is 0.166. The summed E-state index contributed by atoms with van der Waals surface area (Å²) in [6, 6.07) is 5.26. The van der Waals surface area contributed by atoms with Gasteiger partial charge in [-0.15, -0.1) is 11.3 Å². The van der Waals surface area contributed by atoms with Crippen LogP contribution in [-0.4, -0.2) is 44.2 Å². The number of aromatic nitrogens is 4. The van der Waals surface area contributed by atoms with E-state index in [9.17, 15) is 0 Å². The summed E-state index contributed by atoms with van der Waals surface area (Å²) in [6.45, 7) is 5.45. The molecule has 2 fully saturated rings. The van der Waals surface area contributed by atoms with E-state index in [2.05, 4.69) is 50.6 Å². The number of rotatable bonds is 4. The minimum atomic E-state index is 0.430. The standard InChI is InChI=1S/C23H28N6S/c1-15-4-2-8-28(13-15)23-24-12-18-19(26-23)10-17-6-7-20(18)29(17)14-16-11-25-27-22(16)21-5-3-9-30-21/h3,5,9,11-12,15,17,20H,2,4,6-8,10,13-14H2,1H3,(H,25,27)/t15-,17+,20+/m0/s1. The first kappa shape index (κ1) is 18.5. The summed E-state index contributed by atoms with van der Waals surface area (Å²) in [5.41, 5.74) is 5.09. The smallest absolute Gasteiger partial charge is 0.225 e. The van der Waals surface area contributed by atoms with Crippen molar-refractivity contribution in [1.29, 1.82) is 0 Å². The van der Waals surface area contributed by atoms with Crippen LogP contribution < -0.4 is 4.90 Å². The van der Waals surface area contributed by atoms with Crippen molar-refractivity contribution in [2.24, 2.45) is 5.92 Å². The van der Waals surface area contributed by atoms with Crippen LogP contribution in [0.2, 0.25) is 0 Å². The van der Waals surface area contributed by atoms with Crippen molar-refractivity contribution in [1.82, 2.24) is 25.1 Å². The highest BCUT2D eigenvalue weighted by Crippen LogP contribution is 2.44. The van der Waals surface area contributed by atoms with Gasteiger partial charge in [0.05, 0.1) is 22.5 Å². The summed E-state index contributed by atoms with van der Waals surface area (Å²) in [4.78, 5) is 16.2. The van der Waals surface area contributed by atoms with E-state index >= 15 is 0 Å². The normalized spacial score (nSPS) is 26.2. The second kappa shape index (κ2) is 7.46. The summed E-state index contributed by atoms with van der Waals surface area (Å²) in [6.07, 6.45) is 10.2. The summed E-state index contributed by atoms with van der Waals surface area (Å²) in [5.74, 6) is 1.68. The number of nitrogens with one attached hydrogen (secondary N) is 1. The first-order valence-electron chi connectivity index (χ1n) is 11.2. The fourth-order valence-corrected chi connectivity index (χ4v) is 6.35. The van der Waals surface area contributed by atoms with Crippen LogP contribution in [0.15, 0.2) is 29.9 Å². The number of nitrogens with zero attached hydrogens (tertiary/aromatic N) is 5. The van der Waals surface area contributed by atoms with Gasteiger partial charge < -0.3 is 4.90 Å². The van der Waals surface area contributed by atoms with Gasteiger partial charge in [0.1, 0.15) is 0 Å². The van der Waals surface area contributed by atoms with Gasteiger partial charge in [-0.3, -0.25) is 10.00 Å². The van der Waals surface area contributed by atoms with Gasteiger partial charge in [0.15, 0.2) is 0 Å². The molecule has 2 saturated heterocycles. The van der Waals surface area contributed by atoms with Gasteiger partial charge >= 0.3 is 0 Å². The van der Waals surface area contributed by atoms with Crippen molar-refractivity contribution in [3.63, 3.8) is 0 Å². The van der Waals surface area contributed by atoms with E-state index in [0.717, 1.165) is 37.9 Å². The van der Waals surface area contributed by atoms with E-state index in [1.807, 2.05) is 6.20 Å². The topological polar surface area (TPSA) is 60.9 Å². The van der Waals surface area contributed by atoms with Gasteiger partial charge in [-0.05, 0) is 43.0 Å². The molecule has 6 rings (SSSR count). The summed E-state index contributed by atoms with van der Waals surface area (Å²) < 4.78 is 0. The molecule has 0 radical (unpaired) electrons. The van der Waals surface area contributed by atoms with Crippen LogP contribution in [0.3, 0.4) is 0 Å². The van der Waals surface area contributed by atoms with Crippen LogP contribution in [0, 0.1) is 5.92 Å². The Balaban J connectivity index is 1.26. The average Bonchev–Trinajstić information content (AvgIpc) is 3.49. The largest absolute Gasteiger partial charge is 0.341 e. The Morgan fingerprint density at radius 2 is 2.20 bits per heavy atom. The van der Waals surface area contributed by atoms with Gasteiger partial charge in [0.2, 0.25) is 5.95 Å². The van der Waals surface area contributed by atoms with E-state index < -0.39 is 0 Å². The average molecular weight is 421 g/mol. The number of hydrogen-bond acceptors (Lipinski definition) is 6. The third-order valence-electron chi connectivity index (χ3n) is 7.10. The zero-order valence-electron chi connectivity index (χ0n) is 17.4. The number of fused-ring (bicyclic) bond motifs is 4. The molecular weight excluding hydrogens is 392 g/mol. The predicted molar refractivity (Wildman–Crippen MR) is 120 cm³/mol. The predicted octanol–water partition coefficient (Wildman–Crippen LogP) is 4.43. The summed E-state index contributed by atoms with van der Waals surface area (Å²) in [7, 11) is 0. The molecule has 30 heavy (non-hydrogen) atoms. The molecule has 3 aliphatic heterocycles. The maximum atomic E-state index is 5.07. The van der Waals surface area contributed by atoms with E-state index in [1.165, 1.54) is 53.1 Å². The van der Waals surface area contributed by atoms with Gasteiger partial charge in [-0.1, -0.05) is 13.0 Å². The molecule has 3 aromatic heterocycles. The van der Waals surface area contributed by atoms with Crippen LogP contribution in [-0.2, 0) is 13.0 Å². The Kier molecular flexibility index (Phi) is 4.61. The summed E-state index contributed by atoms with van der Waals surface area (Å²) >= 11 is 1.76. The molecule has 3 aromatic rings. The molecule has 0 aliphatic carbocycles. The maximum absolute atomic E-state index is 5.07. The van der Waals surface area contributed by atoms with Gasteiger partial charge in [-0.25, -0.2) is 9.97 Å². The number of hydrogen-bond donors (Lipinski definition) is 1.